The second-order valence-electron chi connectivity index (χ2n) is 6.91. The van der Waals surface area contributed by atoms with E-state index >= 15 is 0 Å². The Morgan fingerprint density at radius 1 is 1.31 bits per heavy atom. The Morgan fingerprint density at radius 2 is 2.08 bits per heavy atom. The number of halogens is 1. The van der Waals surface area contributed by atoms with Gasteiger partial charge in [0.2, 0.25) is 0 Å². The molecule has 1 N–H and O–H groups in total. The topological polar surface area (TPSA) is 40.1 Å². The quantitative estimate of drug-likeness (QED) is 0.259. The average Bonchev–Trinajstić information content (AvgIpc) is 3.09. The largest absolute Gasteiger partial charge is 0.383 e. The monoisotopic (exact) mass is 474 g/mol. The van der Waals surface area contributed by atoms with Crippen LogP contribution in [0.1, 0.15) is 18.4 Å². The Morgan fingerprint density at radius 3 is 2.77 bits per heavy atom. The average molecular weight is 474 g/mol. The van der Waals surface area contributed by atoms with Crippen LogP contribution in [0.2, 0.25) is 0 Å². The highest BCUT2D eigenvalue weighted by Crippen LogP contribution is 2.20. The van der Waals surface area contributed by atoms with Gasteiger partial charge < -0.3 is 19.9 Å². The number of hydrogen-bond acceptors (Lipinski definition) is 3. The van der Waals surface area contributed by atoms with Gasteiger partial charge in [-0.3, -0.25) is 4.99 Å². The number of guanidine groups is 1. The van der Waals surface area contributed by atoms with Crippen LogP contribution in [-0.2, 0) is 11.2 Å². The smallest absolute Gasteiger partial charge is 0.193 e. The molecule has 0 bridgehead atoms. The molecule has 0 aliphatic carbocycles. The lowest BCUT2D eigenvalue weighted by Crippen LogP contribution is -2.41. The maximum atomic E-state index is 5.11. The lowest BCUT2D eigenvalue weighted by Gasteiger charge is -2.22. The number of ether oxygens (including phenoxy) is 1. The third-order valence-corrected chi connectivity index (χ3v) is 4.84. The summed E-state index contributed by atoms with van der Waals surface area (Å²) in [5, 5.41) is 3.53. The van der Waals surface area contributed by atoms with E-state index in [1.165, 1.54) is 18.4 Å². The van der Waals surface area contributed by atoms with Gasteiger partial charge in [-0.25, -0.2) is 0 Å². The van der Waals surface area contributed by atoms with E-state index in [-0.39, 0.29) is 24.0 Å². The van der Waals surface area contributed by atoms with Gasteiger partial charge in [-0.05, 0) is 44.3 Å². The Kier molecular flexibility index (Phi) is 11.9. The summed E-state index contributed by atoms with van der Waals surface area (Å²) in [6.07, 6.45) is 3.52. The van der Waals surface area contributed by atoms with Crippen molar-refractivity contribution >= 4 is 29.9 Å². The van der Waals surface area contributed by atoms with E-state index in [0.717, 1.165) is 57.6 Å². The molecule has 2 rings (SSSR count). The zero-order valence-electron chi connectivity index (χ0n) is 16.5. The molecular formula is C20H35IN4O. The summed E-state index contributed by atoms with van der Waals surface area (Å²) in [4.78, 5) is 9.19. The second-order valence-corrected chi connectivity index (χ2v) is 6.91. The molecule has 0 aromatic heterocycles. The number of aliphatic imine (C=N–C) groups is 1. The van der Waals surface area contributed by atoms with Gasteiger partial charge in [0.25, 0.3) is 0 Å². The summed E-state index contributed by atoms with van der Waals surface area (Å²) >= 11 is 0. The van der Waals surface area contributed by atoms with Crippen LogP contribution in [-0.4, -0.2) is 76.3 Å². The first-order valence-corrected chi connectivity index (χ1v) is 9.40. The molecule has 1 saturated heterocycles. The van der Waals surface area contributed by atoms with E-state index in [1.54, 1.807) is 7.11 Å². The molecule has 0 spiro atoms. The Hall–Kier alpha value is -0.860. The van der Waals surface area contributed by atoms with Crippen molar-refractivity contribution in [1.82, 2.24) is 15.1 Å². The highest BCUT2D eigenvalue weighted by Gasteiger charge is 2.24. The zero-order chi connectivity index (χ0) is 17.9. The molecule has 1 aromatic rings. The van der Waals surface area contributed by atoms with E-state index in [1.807, 2.05) is 7.05 Å². The summed E-state index contributed by atoms with van der Waals surface area (Å²) < 4.78 is 5.11. The number of likely N-dealkylation sites (tertiary alicyclic amines) is 1. The van der Waals surface area contributed by atoms with Crippen molar-refractivity contribution in [1.29, 1.82) is 0 Å². The molecule has 1 unspecified atom stereocenters. The van der Waals surface area contributed by atoms with Crippen molar-refractivity contribution in [2.75, 3.05) is 60.5 Å². The highest BCUT2D eigenvalue weighted by atomic mass is 127. The van der Waals surface area contributed by atoms with Crippen LogP contribution in [0.25, 0.3) is 0 Å². The predicted molar refractivity (Wildman–Crippen MR) is 121 cm³/mol. The fourth-order valence-corrected chi connectivity index (χ4v) is 3.38. The summed E-state index contributed by atoms with van der Waals surface area (Å²) in [6, 6.07) is 10.8. The van der Waals surface area contributed by atoms with Gasteiger partial charge in [0.1, 0.15) is 0 Å². The van der Waals surface area contributed by atoms with Crippen LogP contribution in [0.15, 0.2) is 35.3 Å². The van der Waals surface area contributed by atoms with E-state index < -0.39 is 0 Å². The lowest BCUT2D eigenvalue weighted by molar-refractivity contribution is 0.161. The number of nitrogens with zero attached hydrogens (tertiary/aromatic N) is 3. The first-order chi connectivity index (χ1) is 12.2. The van der Waals surface area contributed by atoms with Crippen molar-refractivity contribution in [2.24, 2.45) is 10.9 Å². The third-order valence-electron chi connectivity index (χ3n) is 4.84. The second kappa shape index (κ2) is 13.3. The number of benzene rings is 1. The molecule has 1 aliphatic heterocycles. The van der Waals surface area contributed by atoms with Gasteiger partial charge in [-0.15, -0.1) is 24.0 Å². The Bertz CT molecular complexity index is 512. The minimum absolute atomic E-state index is 0. The van der Waals surface area contributed by atoms with Crippen molar-refractivity contribution < 1.29 is 4.74 Å². The summed E-state index contributed by atoms with van der Waals surface area (Å²) in [5.41, 5.74) is 1.44. The third kappa shape index (κ3) is 8.22. The zero-order valence-corrected chi connectivity index (χ0v) is 18.8. The number of nitrogens with one attached hydrogen (secondary N) is 1. The number of likely N-dealkylation sites (N-methyl/N-ethyl adjacent to an activating group) is 1. The van der Waals surface area contributed by atoms with Crippen molar-refractivity contribution in [2.45, 2.75) is 19.3 Å². The summed E-state index contributed by atoms with van der Waals surface area (Å²) in [6.45, 7) is 6.02. The number of hydrogen-bond donors (Lipinski definition) is 1. The fraction of sp³-hybridized carbons (Fsp3) is 0.650. The fourth-order valence-electron chi connectivity index (χ4n) is 3.38. The maximum absolute atomic E-state index is 5.11. The van der Waals surface area contributed by atoms with Gasteiger partial charge in [-0.1, -0.05) is 30.3 Å². The minimum Gasteiger partial charge on any atom is -0.383 e. The standard InChI is InChI=1S/C20H34N4O.HI/c1-21-20(22-11-7-12-23(2)14-15-25-3)24-13-10-19(17-24)16-18-8-5-4-6-9-18;/h4-6,8-9,19H,7,10-17H2,1-3H3,(H,21,22);1H. The molecule has 6 heteroatoms. The minimum atomic E-state index is 0. The molecule has 1 heterocycles. The first-order valence-electron chi connectivity index (χ1n) is 9.40. The van der Waals surface area contributed by atoms with E-state index in [2.05, 4.69) is 57.5 Å². The van der Waals surface area contributed by atoms with Crippen molar-refractivity contribution in [3.05, 3.63) is 35.9 Å². The van der Waals surface area contributed by atoms with E-state index in [4.69, 9.17) is 4.74 Å². The number of rotatable bonds is 9. The summed E-state index contributed by atoms with van der Waals surface area (Å²) in [7, 11) is 5.78. The lowest BCUT2D eigenvalue weighted by atomic mass is 9.99. The van der Waals surface area contributed by atoms with Crippen LogP contribution >= 0.6 is 24.0 Å². The van der Waals surface area contributed by atoms with Gasteiger partial charge >= 0.3 is 0 Å². The highest BCUT2D eigenvalue weighted by molar-refractivity contribution is 14.0. The molecule has 0 amide bonds. The van der Waals surface area contributed by atoms with E-state index in [9.17, 15) is 0 Å². The molecule has 1 aliphatic rings. The molecule has 26 heavy (non-hydrogen) atoms. The summed E-state index contributed by atoms with van der Waals surface area (Å²) in [5.74, 6) is 1.77. The van der Waals surface area contributed by atoms with Crippen LogP contribution in [0.4, 0.5) is 0 Å². The molecule has 5 nitrogen and oxygen atoms in total. The van der Waals surface area contributed by atoms with Crippen LogP contribution in [0, 0.1) is 5.92 Å². The van der Waals surface area contributed by atoms with Gasteiger partial charge in [-0.2, -0.15) is 0 Å². The van der Waals surface area contributed by atoms with Gasteiger partial charge in [0, 0.05) is 40.3 Å². The predicted octanol–water partition coefficient (Wildman–Crippen LogP) is 2.71. The molecule has 1 aromatic carbocycles. The van der Waals surface area contributed by atoms with Gasteiger partial charge in [0.05, 0.1) is 6.61 Å². The Labute approximate surface area is 176 Å². The van der Waals surface area contributed by atoms with Crippen LogP contribution in [0.3, 0.4) is 0 Å². The molecular weight excluding hydrogens is 439 g/mol. The van der Waals surface area contributed by atoms with Gasteiger partial charge in [0.15, 0.2) is 5.96 Å². The van der Waals surface area contributed by atoms with E-state index in [0.29, 0.717) is 0 Å². The maximum Gasteiger partial charge on any atom is 0.193 e. The Balaban J connectivity index is 0.00000338. The molecule has 1 fully saturated rings. The normalized spacial score (nSPS) is 17.5. The van der Waals surface area contributed by atoms with Crippen molar-refractivity contribution in [3.63, 3.8) is 0 Å². The molecule has 1 atom stereocenters. The van der Waals surface area contributed by atoms with Crippen LogP contribution in [0.5, 0.6) is 0 Å². The SMILES string of the molecule is CN=C(NCCCN(C)CCOC)N1CCC(Cc2ccccc2)C1.I. The molecule has 0 saturated carbocycles. The first kappa shape index (κ1) is 23.2. The van der Waals surface area contributed by atoms with Crippen LogP contribution < -0.4 is 5.32 Å². The number of methoxy groups -OCH3 is 1. The van der Waals surface area contributed by atoms with Crippen molar-refractivity contribution in [3.8, 4) is 0 Å². The molecule has 0 radical (unpaired) electrons. The molecule has 148 valence electrons.